The third-order valence-electron chi connectivity index (χ3n) is 3.50. The number of nitriles is 1. The van der Waals surface area contributed by atoms with Crippen molar-refractivity contribution in [2.75, 3.05) is 13.2 Å². The second-order valence-corrected chi connectivity index (χ2v) is 5.69. The molecule has 1 aliphatic rings. The molecule has 17 heavy (non-hydrogen) atoms. The molecule has 0 amide bonds. The van der Waals surface area contributed by atoms with E-state index in [1.165, 1.54) is 25.7 Å². The SMILES string of the molecule is CC(C)NC(C)(C#N)CCOCCC1CCC1. The van der Waals surface area contributed by atoms with Crippen molar-refractivity contribution in [2.45, 2.75) is 64.5 Å². The van der Waals surface area contributed by atoms with Gasteiger partial charge in [-0.2, -0.15) is 5.26 Å². The lowest BCUT2D eigenvalue weighted by Crippen LogP contribution is -2.45. The van der Waals surface area contributed by atoms with Gasteiger partial charge in [0.2, 0.25) is 0 Å². The van der Waals surface area contributed by atoms with Gasteiger partial charge in [0.15, 0.2) is 0 Å². The molecule has 98 valence electrons. The Hall–Kier alpha value is -0.590. The summed E-state index contributed by atoms with van der Waals surface area (Å²) in [6.45, 7) is 7.60. The molecule has 0 radical (unpaired) electrons. The maximum Gasteiger partial charge on any atom is 0.106 e. The molecule has 0 heterocycles. The second-order valence-electron chi connectivity index (χ2n) is 5.69. The van der Waals surface area contributed by atoms with Crippen molar-refractivity contribution in [3.63, 3.8) is 0 Å². The van der Waals surface area contributed by atoms with Crippen LogP contribution < -0.4 is 5.32 Å². The smallest absolute Gasteiger partial charge is 0.106 e. The van der Waals surface area contributed by atoms with Crippen LogP contribution in [0.1, 0.15) is 52.9 Å². The van der Waals surface area contributed by atoms with Crippen LogP contribution in [0.5, 0.6) is 0 Å². The van der Waals surface area contributed by atoms with Crippen LogP contribution in [0.25, 0.3) is 0 Å². The van der Waals surface area contributed by atoms with Gasteiger partial charge in [-0.1, -0.05) is 19.3 Å². The van der Waals surface area contributed by atoms with Crippen LogP contribution in [-0.4, -0.2) is 24.8 Å². The van der Waals surface area contributed by atoms with Crippen LogP contribution in [0.3, 0.4) is 0 Å². The Balaban J connectivity index is 2.08. The minimum atomic E-state index is -0.454. The highest BCUT2D eigenvalue weighted by molar-refractivity contribution is 5.04. The zero-order valence-electron chi connectivity index (χ0n) is 11.5. The van der Waals surface area contributed by atoms with Gasteiger partial charge in [0.1, 0.15) is 5.54 Å². The number of nitrogens with one attached hydrogen (secondary N) is 1. The first-order valence-electron chi connectivity index (χ1n) is 6.82. The predicted molar refractivity (Wildman–Crippen MR) is 69.7 cm³/mol. The Morgan fingerprint density at radius 1 is 1.41 bits per heavy atom. The average Bonchev–Trinajstić information content (AvgIpc) is 2.19. The van der Waals surface area contributed by atoms with E-state index in [1.807, 2.05) is 6.92 Å². The Labute approximate surface area is 106 Å². The molecule has 0 spiro atoms. The predicted octanol–water partition coefficient (Wildman–Crippen LogP) is 2.86. The summed E-state index contributed by atoms with van der Waals surface area (Å²) in [6.07, 6.45) is 6.12. The monoisotopic (exact) mass is 238 g/mol. The summed E-state index contributed by atoms with van der Waals surface area (Å²) in [5.41, 5.74) is -0.454. The summed E-state index contributed by atoms with van der Waals surface area (Å²) in [5.74, 6) is 0.908. The third-order valence-corrected chi connectivity index (χ3v) is 3.50. The van der Waals surface area contributed by atoms with Crippen molar-refractivity contribution >= 4 is 0 Å². The molecular weight excluding hydrogens is 212 g/mol. The van der Waals surface area contributed by atoms with E-state index in [2.05, 4.69) is 25.2 Å². The molecule has 1 N–H and O–H groups in total. The average molecular weight is 238 g/mol. The van der Waals surface area contributed by atoms with Gasteiger partial charge in [-0.3, -0.25) is 5.32 Å². The summed E-state index contributed by atoms with van der Waals surface area (Å²) >= 11 is 0. The highest BCUT2D eigenvalue weighted by Gasteiger charge is 2.24. The van der Waals surface area contributed by atoms with E-state index < -0.39 is 5.54 Å². The highest BCUT2D eigenvalue weighted by atomic mass is 16.5. The Morgan fingerprint density at radius 3 is 2.59 bits per heavy atom. The van der Waals surface area contributed by atoms with Crippen molar-refractivity contribution < 1.29 is 4.74 Å². The van der Waals surface area contributed by atoms with Crippen LogP contribution in [0.2, 0.25) is 0 Å². The summed E-state index contributed by atoms with van der Waals surface area (Å²) in [6, 6.07) is 2.67. The number of hydrogen-bond donors (Lipinski definition) is 1. The van der Waals surface area contributed by atoms with Crippen LogP contribution in [0, 0.1) is 17.2 Å². The lowest BCUT2D eigenvalue weighted by Gasteiger charge is -2.27. The van der Waals surface area contributed by atoms with Crippen molar-refractivity contribution in [3.05, 3.63) is 0 Å². The molecule has 0 bridgehead atoms. The van der Waals surface area contributed by atoms with E-state index in [-0.39, 0.29) is 0 Å². The zero-order chi connectivity index (χ0) is 12.7. The molecule has 3 heteroatoms. The molecule has 0 aliphatic heterocycles. The molecule has 1 rings (SSSR count). The van der Waals surface area contributed by atoms with E-state index in [0.29, 0.717) is 12.6 Å². The lowest BCUT2D eigenvalue weighted by atomic mass is 9.83. The molecule has 0 saturated heterocycles. The van der Waals surface area contributed by atoms with Gasteiger partial charge in [-0.15, -0.1) is 0 Å². The van der Waals surface area contributed by atoms with E-state index in [9.17, 15) is 0 Å². The minimum Gasteiger partial charge on any atom is -0.381 e. The maximum absolute atomic E-state index is 9.16. The van der Waals surface area contributed by atoms with Gasteiger partial charge in [-0.25, -0.2) is 0 Å². The fourth-order valence-electron chi connectivity index (χ4n) is 2.21. The molecular formula is C14H26N2O. The molecule has 1 aliphatic carbocycles. The van der Waals surface area contributed by atoms with Gasteiger partial charge in [0.25, 0.3) is 0 Å². The quantitative estimate of drug-likeness (QED) is 0.661. The van der Waals surface area contributed by atoms with Gasteiger partial charge in [0.05, 0.1) is 6.07 Å². The second kappa shape index (κ2) is 6.98. The Morgan fingerprint density at radius 2 is 2.12 bits per heavy atom. The summed E-state index contributed by atoms with van der Waals surface area (Å²) in [4.78, 5) is 0. The third kappa shape index (κ3) is 5.52. The van der Waals surface area contributed by atoms with Crippen LogP contribution in [0.4, 0.5) is 0 Å². The van der Waals surface area contributed by atoms with Crippen molar-refractivity contribution in [1.82, 2.24) is 5.32 Å². The van der Waals surface area contributed by atoms with Gasteiger partial charge in [-0.05, 0) is 33.1 Å². The molecule has 1 saturated carbocycles. The van der Waals surface area contributed by atoms with Gasteiger partial charge >= 0.3 is 0 Å². The fraction of sp³-hybridized carbons (Fsp3) is 0.929. The fourth-order valence-corrected chi connectivity index (χ4v) is 2.21. The standard InChI is InChI=1S/C14H26N2O/c1-12(2)16-14(3,11-15)8-10-17-9-7-13-5-4-6-13/h12-13,16H,4-10H2,1-3H3. The number of hydrogen-bond acceptors (Lipinski definition) is 3. The topological polar surface area (TPSA) is 45.0 Å². The minimum absolute atomic E-state index is 0.328. The van der Waals surface area contributed by atoms with Gasteiger partial charge < -0.3 is 4.74 Å². The molecule has 1 atom stereocenters. The van der Waals surface area contributed by atoms with Crippen LogP contribution in [0.15, 0.2) is 0 Å². The summed E-state index contributed by atoms with van der Waals surface area (Å²) in [5, 5.41) is 12.4. The van der Waals surface area contributed by atoms with E-state index in [0.717, 1.165) is 18.9 Å². The largest absolute Gasteiger partial charge is 0.381 e. The molecule has 1 unspecified atom stereocenters. The Bertz CT molecular complexity index is 255. The van der Waals surface area contributed by atoms with Crippen molar-refractivity contribution in [2.24, 2.45) is 5.92 Å². The van der Waals surface area contributed by atoms with E-state index in [4.69, 9.17) is 10.00 Å². The molecule has 0 aromatic rings. The Kier molecular flexibility index (Phi) is 5.94. The molecule has 1 fully saturated rings. The molecule has 0 aromatic heterocycles. The lowest BCUT2D eigenvalue weighted by molar-refractivity contribution is 0.0938. The number of ether oxygens (including phenoxy) is 1. The van der Waals surface area contributed by atoms with Crippen molar-refractivity contribution in [1.29, 1.82) is 5.26 Å². The van der Waals surface area contributed by atoms with Crippen LogP contribution in [-0.2, 0) is 4.74 Å². The van der Waals surface area contributed by atoms with Crippen LogP contribution >= 0.6 is 0 Å². The summed E-state index contributed by atoms with van der Waals surface area (Å²) in [7, 11) is 0. The van der Waals surface area contributed by atoms with Gasteiger partial charge in [0, 0.05) is 25.7 Å². The number of rotatable bonds is 8. The van der Waals surface area contributed by atoms with Crippen molar-refractivity contribution in [3.8, 4) is 6.07 Å². The summed E-state index contributed by atoms with van der Waals surface area (Å²) < 4.78 is 5.63. The van der Waals surface area contributed by atoms with E-state index >= 15 is 0 Å². The first-order chi connectivity index (χ1) is 8.06. The highest BCUT2D eigenvalue weighted by Crippen LogP contribution is 2.29. The molecule has 0 aromatic carbocycles. The maximum atomic E-state index is 9.16. The zero-order valence-corrected chi connectivity index (χ0v) is 11.5. The molecule has 3 nitrogen and oxygen atoms in total. The normalized spacial score (nSPS) is 19.7. The van der Waals surface area contributed by atoms with E-state index in [1.54, 1.807) is 0 Å². The first kappa shape index (κ1) is 14.5. The number of nitrogens with zero attached hydrogens (tertiary/aromatic N) is 1. The first-order valence-corrected chi connectivity index (χ1v) is 6.82.